The van der Waals surface area contributed by atoms with Gasteiger partial charge in [0.1, 0.15) is 0 Å². The first-order chi connectivity index (χ1) is 8.74. The Kier molecular flexibility index (Phi) is 3.95. The van der Waals surface area contributed by atoms with E-state index < -0.39 is 5.97 Å². The fourth-order valence-electron chi connectivity index (χ4n) is 1.61. The van der Waals surface area contributed by atoms with Crippen molar-refractivity contribution in [1.29, 1.82) is 0 Å². The van der Waals surface area contributed by atoms with Gasteiger partial charge in [-0.3, -0.25) is 4.98 Å². The quantitative estimate of drug-likeness (QED) is 0.793. The van der Waals surface area contributed by atoms with Gasteiger partial charge in [0.15, 0.2) is 0 Å². The maximum absolute atomic E-state index is 11.7. The second-order valence-corrected chi connectivity index (χ2v) is 4.01. The molecule has 0 amide bonds. The van der Waals surface area contributed by atoms with E-state index in [0.29, 0.717) is 17.2 Å². The molecule has 2 aromatic rings. The topological polar surface area (TPSA) is 39.2 Å². The molecule has 0 aliphatic rings. The largest absolute Gasteiger partial charge is 0.462 e. The van der Waals surface area contributed by atoms with Crippen LogP contribution in [0.2, 0.25) is 5.02 Å². The number of aromatic nitrogens is 1. The Bertz CT molecular complexity index is 555. The van der Waals surface area contributed by atoms with Gasteiger partial charge >= 0.3 is 5.97 Å². The van der Waals surface area contributed by atoms with Crippen molar-refractivity contribution in [2.24, 2.45) is 0 Å². The number of ether oxygens (including phenoxy) is 1. The van der Waals surface area contributed by atoms with Crippen molar-refractivity contribution in [3.63, 3.8) is 0 Å². The molecule has 0 unspecified atom stereocenters. The molecule has 1 heterocycles. The van der Waals surface area contributed by atoms with Crippen LogP contribution in [0, 0.1) is 0 Å². The van der Waals surface area contributed by atoms with Crippen molar-refractivity contribution in [2.75, 3.05) is 6.61 Å². The third kappa shape index (κ3) is 2.51. The zero-order valence-corrected chi connectivity index (χ0v) is 10.6. The smallest absolute Gasteiger partial charge is 0.341 e. The number of rotatable bonds is 3. The van der Waals surface area contributed by atoms with E-state index in [1.54, 1.807) is 13.1 Å². The molecule has 4 heteroatoms. The van der Waals surface area contributed by atoms with Gasteiger partial charge in [-0.25, -0.2) is 4.79 Å². The summed E-state index contributed by atoms with van der Waals surface area (Å²) in [6, 6.07) is 9.56. The highest BCUT2D eigenvalue weighted by atomic mass is 35.5. The SMILES string of the molecule is CCOC(=O)c1cncc(-c2ccccc2)c1Cl. The molecule has 0 spiro atoms. The van der Waals surface area contributed by atoms with E-state index >= 15 is 0 Å². The number of esters is 1. The number of carbonyl (C=O) groups is 1. The zero-order valence-electron chi connectivity index (χ0n) is 9.89. The summed E-state index contributed by atoms with van der Waals surface area (Å²) in [5.41, 5.74) is 1.93. The summed E-state index contributed by atoms with van der Waals surface area (Å²) < 4.78 is 4.94. The van der Waals surface area contributed by atoms with Crippen LogP contribution in [0.1, 0.15) is 17.3 Å². The number of benzene rings is 1. The predicted octanol–water partition coefficient (Wildman–Crippen LogP) is 3.58. The van der Waals surface area contributed by atoms with E-state index in [1.165, 1.54) is 6.20 Å². The first kappa shape index (κ1) is 12.6. The van der Waals surface area contributed by atoms with Crippen LogP contribution < -0.4 is 0 Å². The normalized spacial score (nSPS) is 10.1. The summed E-state index contributed by atoms with van der Waals surface area (Å²) in [5, 5.41) is 0.370. The van der Waals surface area contributed by atoms with Gasteiger partial charge in [0, 0.05) is 18.0 Å². The molecule has 0 saturated heterocycles. The lowest BCUT2D eigenvalue weighted by atomic mass is 10.1. The Labute approximate surface area is 110 Å². The highest BCUT2D eigenvalue weighted by Crippen LogP contribution is 2.29. The molecule has 0 saturated carbocycles. The molecule has 1 aromatic heterocycles. The van der Waals surface area contributed by atoms with Crippen LogP contribution in [-0.4, -0.2) is 17.6 Å². The number of halogens is 1. The third-order valence-corrected chi connectivity index (χ3v) is 2.87. The van der Waals surface area contributed by atoms with Gasteiger partial charge in [0.05, 0.1) is 17.2 Å². The van der Waals surface area contributed by atoms with Crippen LogP contribution >= 0.6 is 11.6 Å². The second kappa shape index (κ2) is 5.65. The average molecular weight is 262 g/mol. The van der Waals surface area contributed by atoms with Crippen LogP contribution in [0.4, 0.5) is 0 Å². The molecule has 3 nitrogen and oxygen atoms in total. The van der Waals surface area contributed by atoms with Crippen LogP contribution in [0.15, 0.2) is 42.7 Å². The fraction of sp³-hybridized carbons (Fsp3) is 0.143. The molecular formula is C14H12ClNO2. The van der Waals surface area contributed by atoms with Crippen LogP contribution in [0.5, 0.6) is 0 Å². The van der Waals surface area contributed by atoms with Crippen LogP contribution in [-0.2, 0) is 4.74 Å². The van der Waals surface area contributed by atoms with Gasteiger partial charge in [-0.05, 0) is 12.5 Å². The minimum absolute atomic E-state index is 0.292. The Balaban J connectivity index is 2.46. The molecule has 2 rings (SSSR count). The number of hydrogen-bond donors (Lipinski definition) is 0. The molecule has 0 aliphatic carbocycles. The summed E-state index contributed by atoms with van der Waals surface area (Å²) in [5.74, 6) is -0.451. The lowest BCUT2D eigenvalue weighted by Crippen LogP contribution is -2.06. The van der Waals surface area contributed by atoms with Crippen LogP contribution in [0.25, 0.3) is 11.1 Å². The summed E-state index contributed by atoms with van der Waals surface area (Å²) in [7, 11) is 0. The minimum Gasteiger partial charge on any atom is -0.462 e. The number of hydrogen-bond acceptors (Lipinski definition) is 3. The van der Waals surface area contributed by atoms with Gasteiger partial charge in [-0.2, -0.15) is 0 Å². The van der Waals surface area contributed by atoms with Crippen molar-refractivity contribution >= 4 is 17.6 Å². The maximum Gasteiger partial charge on any atom is 0.341 e. The first-order valence-electron chi connectivity index (χ1n) is 5.60. The van der Waals surface area contributed by atoms with Gasteiger partial charge in [-0.1, -0.05) is 41.9 Å². The Morgan fingerprint density at radius 3 is 2.67 bits per heavy atom. The second-order valence-electron chi connectivity index (χ2n) is 3.64. The van der Waals surface area contributed by atoms with Crippen LogP contribution in [0.3, 0.4) is 0 Å². The lowest BCUT2D eigenvalue weighted by Gasteiger charge is -2.08. The third-order valence-electron chi connectivity index (χ3n) is 2.46. The van der Waals surface area contributed by atoms with E-state index in [-0.39, 0.29) is 0 Å². The molecule has 0 radical (unpaired) electrons. The van der Waals surface area contributed by atoms with Gasteiger partial charge in [0.2, 0.25) is 0 Å². The Morgan fingerprint density at radius 2 is 2.00 bits per heavy atom. The molecule has 0 N–H and O–H groups in total. The van der Waals surface area contributed by atoms with Gasteiger partial charge < -0.3 is 4.74 Å². The number of nitrogens with zero attached hydrogens (tertiary/aromatic N) is 1. The van der Waals surface area contributed by atoms with Crippen molar-refractivity contribution in [1.82, 2.24) is 4.98 Å². The Morgan fingerprint density at radius 1 is 1.28 bits per heavy atom. The van der Waals surface area contributed by atoms with E-state index in [2.05, 4.69) is 4.98 Å². The molecule has 0 atom stereocenters. The summed E-state index contributed by atoms with van der Waals surface area (Å²) in [4.78, 5) is 15.7. The van der Waals surface area contributed by atoms with Gasteiger partial charge in [-0.15, -0.1) is 0 Å². The molecule has 1 aromatic carbocycles. The van der Waals surface area contributed by atoms with E-state index in [9.17, 15) is 4.79 Å². The minimum atomic E-state index is -0.451. The van der Waals surface area contributed by atoms with Crippen molar-refractivity contribution in [3.8, 4) is 11.1 Å². The monoisotopic (exact) mass is 261 g/mol. The lowest BCUT2D eigenvalue weighted by molar-refractivity contribution is 0.0526. The summed E-state index contributed by atoms with van der Waals surface area (Å²) in [6.07, 6.45) is 3.06. The van der Waals surface area contributed by atoms with E-state index in [0.717, 1.165) is 11.1 Å². The zero-order chi connectivity index (χ0) is 13.0. The first-order valence-corrected chi connectivity index (χ1v) is 5.98. The van der Waals surface area contributed by atoms with E-state index in [1.807, 2.05) is 30.3 Å². The van der Waals surface area contributed by atoms with Crippen molar-refractivity contribution in [3.05, 3.63) is 53.3 Å². The molecular weight excluding hydrogens is 250 g/mol. The Hall–Kier alpha value is -1.87. The molecule has 0 bridgehead atoms. The molecule has 92 valence electrons. The summed E-state index contributed by atoms with van der Waals surface area (Å²) in [6.45, 7) is 2.06. The number of pyridine rings is 1. The molecule has 0 fully saturated rings. The van der Waals surface area contributed by atoms with Crippen molar-refractivity contribution in [2.45, 2.75) is 6.92 Å². The molecule has 0 aliphatic heterocycles. The predicted molar refractivity (Wildman–Crippen MR) is 70.6 cm³/mol. The molecule has 18 heavy (non-hydrogen) atoms. The fourth-order valence-corrected chi connectivity index (χ4v) is 1.90. The van der Waals surface area contributed by atoms with E-state index in [4.69, 9.17) is 16.3 Å². The average Bonchev–Trinajstić information content (AvgIpc) is 2.40. The highest BCUT2D eigenvalue weighted by Gasteiger charge is 2.15. The maximum atomic E-state index is 11.7. The standard InChI is InChI=1S/C14H12ClNO2/c1-2-18-14(17)12-9-16-8-11(13(12)15)10-6-4-3-5-7-10/h3-9H,2H2,1H3. The summed E-state index contributed by atoms with van der Waals surface area (Å²) >= 11 is 6.23. The van der Waals surface area contributed by atoms with Crippen molar-refractivity contribution < 1.29 is 9.53 Å². The number of carbonyl (C=O) groups excluding carboxylic acids is 1. The van der Waals surface area contributed by atoms with Gasteiger partial charge in [0.25, 0.3) is 0 Å². The highest BCUT2D eigenvalue weighted by molar-refractivity contribution is 6.36.